The van der Waals surface area contributed by atoms with Crippen molar-refractivity contribution < 1.29 is 8.42 Å². The lowest BCUT2D eigenvalue weighted by Gasteiger charge is -2.12. The third-order valence-corrected chi connectivity index (χ3v) is 6.40. The fourth-order valence-corrected chi connectivity index (χ4v) is 4.89. The summed E-state index contributed by atoms with van der Waals surface area (Å²) in [6.07, 6.45) is 0. The number of nitrogens with one attached hydrogen (secondary N) is 2. The monoisotopic (exact) mass is 354 g/mol. The first-order valence-electron chi connectivity index (χ1n) is 6.72. The minimum atomic E-state index is -3.66. The molecule has 4 nitrogen and oxygen atoms in total. The molecule has 1 atom stereocenters. The molecule has 0 fully saturated rings. The van der Waals surface area contributed by atoms with Crippen LogP contribution in [0.25, 0.3) is 0 Å². The van der Waals surface area contributed by atoms with Crippen molar-refractivity contribution >= 4 is 44.8 Å². The number of fused-ring (bicyclic) bond motifs is 1. The molecule has 0 saturated carbocycles. The van der Waals surface area contributed by atoms with Crippen LogP contribution in [0.5, 0.6) is 0 Å². The Balaban J connectivity index is 1.93. The van der Waals surface area contributed by atoms with Crippen LogP contribution in [0.1, 0.15) is 12.5 Å². The number of hydrogen-bond donors (Lipinski definition) is 2. The molecule has 3 rings (SSSR count). The first kappa shape index (κ1) is 15.5. The lowest BCUT2D eigenvalue weighted by Crippen LogP contribution is -2.14. The number of rotatable bonds is 3. The second kappa shape index (κ2) is 5.68. The van der Waals surface area contributed by atoms with Crippen LogP contribution in [-0.2, 0) is 10.0 Å². The maximum Gasteiger partial charge on any atom is 0.262 e. The van der Waals surface area contributed by atoms with Crippen LogP contribution in [0.2, 0.25) is 5.02 Å². The molecule has 2 N–H and O–H groups in total. The van der Waals surface area contributed by atoms with E-state index >= 15 is 0 Å². The third kappa shape index (κ3) is 2.91. The molecule has 1 aliphatic rings. The van der Waals surface area contributed by atoms with Gasteiger partial charge >= 0.3 is 0 Å². The molecule has 22 heavy (non-hydrogen) atoms. The summed E-state index contributed by atoms with van der Waals surface area (Å²) in [7, 11) is -3.66. The molecular formula is C15H15ClN2O2S2. The molecule has 2 aromatic rings. The minimum Gasteiger partial charge on any atom is -0.372 e. The fraction of sp³-hybridized carbons (Fsp3) is 0.200. The van der Waals surface area contributed by atoms with Gasteiger partial charge in [0.05, 0.1) is 16.0 Å². The summed E-state index contributed by atoms with van der Waals surface area (Å²) in [5, 5.41) is 4.03. The third-order valence-electron chi connectivity index (χ3n) is 3.40. The summed E-state index contributed by atoms with van der Waals surface area (Å²) in [6.45, 7) is 3.75. The van der Waals surface area contributed by atoms with Gasteiger partial charge in [-0.1, -0.05) is 29.4 Å². The van der Waals surface area contributed by atoms with Gasteiger partial charge in [0.2, 0.25) is 0 Å². The highest BCUT2D eigenvalue weighted by Crippen LogP contribution is 2.40. The van der Waals surface area contributed by atoms with Gasteiger partial charge in [0.15, 0.2) is 0 Å². The van der Waals surface area contributed by atoms with E-state index in [4.69, 9.17) is 11.6 Å². The zero-order chi connectivity index (χ0) is 15.9. The van der Waals surface area contributed by atoms with Gasteiger partial charge in [-0.25, -0.2) is 8.42 Å². The minimum absolute atomic E-state index is 0.194. The molecule has 0 spiro atoms. The first-order chi connectivity index (χ1) is 10.4. The van der Waals surface area contributed by atoms with Crippen LogP contribution in [0, 0.1) is 6.92 Å². The predicted octanol–water partition coefficient (Wildman–Crippen LogP) is 4.31. The Kier molecular flexibility index (Phi) is 4.01. The zero-order valence-electron chi connectivity index (χ0n) is 12.1. The lowest BCUT2D eigenvalue weighted by molar-refractivity contribution is 0.600. The SMILES string of the molecule is Cc1c(Cl)cccc1S(=O)(=O)Nc1ccc2c(c1)SC(C)N2. The van der Waals surface area contributed by atoms with Gasteiger partial charge in [-0.15, -0.1) is 0 Å². The summed E-state index contributed by atoms with van der Waals surface area (Å²) in [5.41, 5.74) is 2.11. The molecule has 2 aromatic carbocycles. The summed E-state index contributed by atoms with van der Waals surface area (Å²) in [5.74, 6) is 0. The highest BCUT2D eigenvalue weighted by atomic mass is 35.5. The number of sulfonamides is 1. The molecule has 0 aliphatic carbocycles. The Bertz CT molecular complexity index is 837. The van der Waals surface area contributed by atoms with Crippen molar-refractivity contribution in [3.05, 3.63) is 47.0 Å². The number of anilines is 2. The number of benzene rings is 2. The van der Waals surface area contributed by atoms with Crippen molar-refractivity contribution in [3.63, 3.8) is 0 Å². The van der Waals surface area contributed by atoms with E-state index in [0.717, 1.165) is 10.6 Å². The van der Waals surface area contributed by atoms with E-state index in [1.165, 1.54) is 0 Å². The summed E-state index contributed by atoms with van der Waals surface area (Å²) in [6, 6.07) is 10.3. The predicted molar refractivity (Wildman–Crippen MR) is 92.4 cm³/mol. The molecule has 0 bridgehead atoms. The molecule has 1 unspecified atom stereocenters. The average Bonchev–Trinajstić information content (AvgIpc) is 2.80. The highest BCUT2D eigenvalue weighted by Gasteiger charge is 2.21. The maximum absolute atomic E-state index is 12.5. The van der Waals surface area contributed by atoms with E-state index in [0.29, 0.717) is 16.3 Å². The van der Waals surface area contributed by atoms with Gasteiger partial charge in [-0.2, -0.15) is 0 Å². The second-order valence-electron chi connectivity index (χ2n) is 5.08. The van der Waals surface area contributed by atoms with Gasteiger partial charge in [0.1, 0.15) is 0 Å². The van der Waals surface area contributed by atoms with E-state index in [9.17, 15) is 8.42 Å². The van der Waals surface area contributed by atoms with E-state index in [1.54, 1.807) is 43.0 Å². The van der Waals surface area contributed by atoms with E-state index in [-0.39, 0.29) is 10.3 Å². The van der Waals surface area contributed by atoms with Crippen molar-refractivity contribution in [2.75, 3.05) is 10.0 Å². The molecular weight excluding hydrogens is 340 g/mol. The summed E-state index contributed by atoms with van der Waals surface area (Å²) in [4.78, 5) is 1.23. The molecule has 116 valence electrons. The second-order valence-corrected chi connectivity index (χ2v) is 8.52. The van der Waals surface area contributed by atoms with Crippen molar-refractivity contribution in [2.24, 2.45) is 0 Å². The lowest BCUT2D eigenvalue weighted by atomic mass is 10.2. The molecule has 0 radical (unpaired) electrons. The molecule has 1 aliphatic heterocycles. The van der Waals surface area contributed by atoms with Crippen LogP contribution in [-0.4, -0.2) is 13.8 Å². The van der Waals surface area contributed by atoms with Gasteiger partial charge in [-0.3, -0.25) is 4.72 Å². The largest absolute Gasteiger partial charge is 0.372 e. The Morgan fingerprint density at radius 2 is 2.05 bits per heavy atom. The number of halogens is 1. The van der Waals surface area contributed by atoms with Crippen molar-refractivity contribution in [2.45, 2.75) is 29.0 Å². The molecule has 0 aromatic heterocycles. The standard InChI is InChI=1S/C15H15ClN2O2S2/c1-9-12(16)4-3-5-15(9)22(19,20)18-11-6-7-13-14(8-11)21-10(2)17-13/h3-8,10,17-18H,1-2H3. The Morgan fingerprint density at radius 1 is 1.27 bits per heavy atom. The molecule has 1 heterocycles. The average molecular weight is 355 g/mol. The zero-order valence-corrected chi connectivity index (χ0v) is 14.4. The normalized spacial score (nSPS) is 17.0. The van der Waals surface area contributed by atoms with Crippen LogP contribution >= 0.6 is 23.4 Å². The van der Waals surface area contributed by atoms with Crippen molar-refractivity contribution in [3.8, 4) is 0 Å². The Labute approximate surface area is 139 Å². The van der Waals surface area contributed by atoms with Crippen LogP contribution in [0.4, 0.5) is 11.4 Å². The van der Waals surface area contributed by atoms with E-state index in [1.807, 2.05) is 12.1 Å². The number of hydrogen-bond acceptors (Lipinski definition) is 4. The maximum atomic E-state index is 12.5. The van der Waals surface area contributed by atoms with E-state index in [2.05, 4.69) is 17.0 Å². The number of thioether (sulfide) groups is 1. The Morgan fingerprint density at radius 3 is 2.82 bits per heavy atom. The van der Waals surface area contributed by atoms with Crippen molar-refractivity contribution in [1.82, 2.24) is 0 Å². The molecule has 0 amide bonds. The topological polar surface area (TPSA) is 58.2 Å². The van der Waals surface area contributed by atoms with E-state index < -0.39 is 10.0 Å². The molecule has 0 saturated heterocycles. The fourth-order valence-electron chi connectivity index (χ4n) is 2.33. The quantitative estimate of drug-likeness (QED) is 0.862. The summed E-state index contributed by atoms with van der Waals surface area (Å²) < 4.78 is 27.7. The molecule has 7 heteroatoms. The van der Waals surface area contributed by atoms with Crippen LogP contribution in [0.15, 0.2) is 46.2 Å². The van der Waals surface area contributed by atoms with Crippen LogP contribution < -0.4 is 10.0 Å². The first-order valence-corrected chi connectivity index (χ1v) is 9.46. The van der Waals surface area contributed by atoms with Crippen LogP contribution in [0.3, 0.4) is 0 Å². The smallest absolute Gasteiger partial charge is 0.262 e. The summed E-state index contributed by atoms with van der Waals surface area (Å²) >= 11 is 7.68. The van der Waals surface area contributed by atoms with Crippen molar-refractivity contribution in [1.29, 1.82) is 0 Å². The van der Waals surface area contributed by atoms with Gasteiger partial charge < -0.3 is 5.32 Å². The van der Waals surface area contributed by atoms with Gasteiger partial charge in [0, 0.05) is 15.6 Å². The van der Waals surface area contributed by atoms with Gasteiger partial charge in [-0.05, 0) is 49.7 Å². The Hall–Kier alpha value is -1.37. The highest BCUT2D eigenvalue weighted by molar-refractivity contribution is 8.00. The van der Waals surface area contributed by atoms with Gasteiger partial charge in [0.25, 0.3) is 10.0 Å².